The molecule has 0 fully saturated rings. The van der Waals surface area contributed by atoms with E-state index < -0.39 is 9.84 Å². The van der Waals surface area contributed by atoms with Gasteiger partial charge in [-0.3, -0.25) is 0 Å². The maximum Gasteiger partial charge on any atom is 0.178 e. The highest BCUT2D eigenvalue weighted by Crippen LogP contribution is 2.16. The minimum atomic E-state index is -3.08. The fourth-order valence-electron chi connectivity index (χ4n) is 1.83. The molecule has 1 aromatic carbocycles. The maximum atomic E-state index is 11.6. The molecule has 1 aromatic rings. The molecule has 3 nitrogen and oxygen atoms in total. The molecule has 0 heterocycles. The van der Waals surface area contributed by atoms with Crippen LogP contribution in [-0.2, 0) is 9.84 Å². The summed E-state index contributed by atoms with van der Waals surface area (Å²) in [6.45, 7) is 6.98. The van der Waals surface area contributed by atoms with Gasteiger partial charge >= 0.3 is 0 Å². The number of rotatable bonds is 7. The monoisotopic (exact) mass is 269 g/mol. The van der Waals surface area contributed by atoms with Crippen LogP contribution in [0.4, 0.5) is 5.69 Å². The molecule has 1 N–H and O–H groups in total. The summed E-state index contributed by atoms with van der Waals surface area (Å²) in [6, 6.07) is 7.01. The first kappa shape index (κ1) is 15.0. The van der Waals surface area contributed by atoms with E-state index in [1.807, 2.05) is 12.1 Å². The Morgan fingerprint density at radius 3 is 2.28 bits per heavy atom. The molecule has 4 heteroatoms. The predicted octanol–water partition coefficient (Wildman–Crippen LogP) is 3.33. The summed E-state index contributed by atoms with van der Waals surface area (Å²) in [5, 5.41) is 3.33. The Morgan fingerprint density at radius 1 is 1.17 bits per heavy atom. The summed E-state index contributed by atoms with van der Waals surface area (Å²) >= 11 is 0. The Bertz CT molecular complexity index is 451. The van der Waals surface area contributed by atoms with Gasteiger partial charge in [-0.2, -0.15) is 0 Å². The smallest absolute Gasteiger partial charge is 0.178 e. The first-order valence-electron chi connectivity index (χ1n) is 6.56. The highest BCUT2D eigenvalue weighted by molar-refractivity contribution is 7.91. The fraction of sp³-hybridized carbons (Fsp3) is 0.571. The number of benzene rings is 1. The van der Waals surface area contributed by atoms with E-state index in [4.69, 9.17) is 0 Å². The van der Waals surface area contributed by atoms with Crippen LogP contribution >= 0.6 is 0 Å². The number of nitrogens with one attached hydrogen (secondary N) is 1. The van der Waals surface area contributed by atoms with E-state index in [0.717, 1.165) is 12.2 Å². The second-order valence-corrected chi connectivity index (χ2v) is 6.98. The third-order valence-corrected chi connectivity index (χ3v) is 4.78. The van der Waals surface area contributed by atoms with Crippen molar-refractivity contribution in [1.29, 1.82) is 0 Å². The van der Waals surface area contributed by atoms with Gasteiger partial charge in [-0.05, 0) is 36.6 Å². The SMILES string of the molecule is CCCC(C)CNc1ccc(S(=O)(=O)CC)cc1. The lowest BCUT2D eigenvalue weighted by Crippen LogP contribution is -2.11. The number of hydrogen-bond donors (Lipinski definition) is 1. The molecule has 18 heavy (non-hydrogen) atoms. The van der Waals surface area contributed by atoms with Crippen LogP contribution in [0, 0.1) is 5.92 Å². The molecule has 102 valence electrons. The Hall–Kier alpha value is -1.03. The lowest BCUT2D eigenvalue weighted by Gasteiger charge is -2.12. The maximum absolute atomic E-state index is 11.6. The first-order chi connectivity index (χ1) is 8.49. The standard InChI is InChI=1S/C14H23NO2S/c1-4-6-12(3)11-15-13-7-9-14(10-8-13)18(16,17)5-2/h7-10,12,15H,4-6,11H2,1-3H3. The summed E-state index contributed by atoms with van der Waals surface area (Å²) in [5.74, 6) is 0.780. The van der Waals surface area contributed by atoms with Crippen molar-refractivity contribution >= 4 is 15.5 Å². The molecule has 0 spiro atoms. The van der Waals surface area contributed by atoms with Crippen LogP contribution in [0.25, 0.3) is 0 Å². The van der Waals surface area contributed by atoms with Crippen molar-refractivity contribution in [2.24, 2.45) is 5.92 Å². The highest BCUT2D eigenvalue weighted by atomic mass is 32.2. The van der Waals surface area contributed by atoms with Crippen molar-refractivity contribution in [2.45, 2.75) is 38.5 Å². The van der Waals surface area contributed by atoms with Gasteiger partial charge in [0.15, 0.2) is 9.84 Å². The van der Waals surface area contributed by atoms with Crippen molar-refractivity contribution in [2.75, 3.05) is 17.6 Å². The molecule has 0 saturated heterocycles. The van der Waals surface area contributed by atoms with E-state index in [1.165, 1.54) is 12.8 Å². The molecular weight excluding hydrogens is 246 g/mol. The van der Waals surface area contributed by atoms with E-state index >= 15 is 0 Å². The van der Waals surface area contributed by atoms with Crippen LogP contribution < -0.4 is 5.32 Å². The normalized spacial score (nSPS) is 13.3. The number of hydrogen-bond acceptors (Lipinski definition) is 3. The van der Waals surface area contributed by atoms with Gasteiger partial charge in [0.25, 0.3) is 0 Å². The van der Waals surface area contributed by atoms with Gasteiger partial charge in [0.05, 0.1) is 10.6 Å². The summed E-state index contributed by atoms with van der Waals surface area (Å²) in [7, 11) is -3.08. The number of anilines is 1. The minimum Gasteiger partial charge on any atom is -0.385 e. The van der Waals surface area contributed by atoms with E-state index in [-0.39, 0.29) is 5.75 Å². The van der Waals surface area contributed by atoms with Crippen molar-refractivity contribution < 1.29 is 8.42 Å². The predicted molar refractivity (Wildman–Crippen MR) is 76.7 cm³/mol. The van der Waals surface area contributed by atoms with Crippen LogP contribution in [0.5, 0.6) is 0 Å². The molecule has 0 aliphatic heterocycles. The average molecular weight is 269 g/mol. The zero-order valence-corrected chi connectivity index (χ0v) is 12.3. The average Bonchev–Trinajstić information content (AvgIpc) is 2.37. The Morgan fingerprint density at radius 2 is 1.78 bits per heavy atom. The van der Waals surface area contributed by atoms with Crippen molar-refractivity contribution in [3.8, 4) is 0 Å². The van der Waals surface area contributed by atoms with Crippen molar-refractivity contribution in [3.63, 3.8) is 0 Å². The molecule has 0 amide bonds. The topological polar surface area (TPSA) is 46.2 Å². The second-order valence-electron chi connectivity index (χ2n) is 4.70. The number of sulfone groups is 1. The molecule has 0 aromatic heterocycles. The van der Waals surface area contributed by atoms with Crippen molar-refractivity contribution in [1.82, 2.24) is 0 Å². The Balaban J connectivity index is 2.61. The highest BCUT2D eigenvalue weighted by Gasteiger charge is 2.10. The van der Waals surface area contributed by atoms with E-state index in [2.05, 4.69) is 19.2 Å². The third-order valence-electron chi connectivity index (χ3n) is 3.03. The Labute approximate surface area is 111 Å². The van der Waals surface area contributed by atoms with Crippen LogP contribution in [0.15, 0.2) is 29.2 Å². The van der Waals surface area contributed by atoms with Crippen LogP contribution in [0.1, 0.15) is 33.6 Å². The van der Waals surface area contributed by atoms with Crippen LogP contribution in [-0.4, -0.2) is 20.7 Å². The molecule has 1 unspecified atom stereocenters. The molecule has 0 aliphatic carbocycles. The molecule has 1 rings (SSSR count). The zero-order valence-electron chi connectivity index (χ0n) is 11.4. The van der Waals surface area contributed by atoms with Crippen LogP contribution in [0.3, 0.4) is 0 Å². The minimum absolute atomic E-state index is 0.146. The van der Waals surface area contributed by atoms with Gasteiger partial charge in [-0.1, -0.05) is 27.2 Å². The summed E-state index contributed by atoms with van der Waals surface area (Å²) in [5.41, 5.74) is 0.980. The van der Waals surface area contributed by atoms with E-state index in [1.54, 1.807) is 19.1 Å². The van der Waals surface area contributed by atoms with Gasteiger partial charge in [0, 0.05) is 12.2 Å². The third kappa shape index (κ3) is 4.33. The van der Waals surface area contributed by atoms with Gasteiger partial charge in [0.2, 0.25) is 0 Å². The van der Waals surface area contributed by atoms with Crippen molar-refractivity contribution in [3.05, 3.63) is 24.3 Å². The van der Waals surface area contributed by atoms with Crippen LogP contribution in [0.2, 0.25) is 0 Å². The largest absolute Gasteiger partial charge is 0.385 e. The summed E-state index contributed by atoms with van der Waals surface area (Å²) < 4.78 is 23.3. The van der Waals surface area contributed by atoms with E-state index in [9.17, 15) is 8.42 Å². The molecule has 0 aliphatic rings. The first-order valence-corrected chi connectivity index (χ1v) is 8.21. The lowest BCUT2D eigenvalue weighted by molar-refractivity contribution is 0.551. The molecule has 0 radical (unpaired) electrons. The second kappa shape index (κ2) is 6.78. The molecule has 0 bridgehead atoms. The van der Waals surface area contributed by atoms with Gasteiger partial charge in [0.1, 0.15) is 0 Å². The molecule has 0 saturated carbocycles. The van der Waals surface area contributed by atoms with E-state index in [0.29, 0.717) is 10.8 Å². The van der Waals surface area contributed by atoms with Gasteiger partial charge in [-0.15, -0.1) is 0 Å². The molecule has 1 atom stereocenters. The molecular formula is C14H23NO2S. The van der Waals surface area contributed by atoms with Gasteiger partial charge < -0.3 is 5.32 Å². The summed E-state index contributed by atoms with van der Waals surface area (Å²) in [6.07, 6.45) is 2.39. The lowest BCUT2D eigenvalue weighted by atomic mass is 10.1. The zero-order chi connectivity index (χ0) is 13.6. The summed E-state index contributed by atoms with van der Waals surface area (Å²) in [4.78, 5) is 0.400. The Kier molecular flexibility index (Phi) is 5.66. The van der Waals surface area contributed by atoms with Gasteiger partial charge in [-0.25, -0.2) is 8.42 Å². The quantitative estimate of drug-likeness (QED) is 0.826. The fourth-order valence-corrected chi connectivity index (χ4v) is 2.72.